The molecule has 0 radical (unpaired) electrons. The maximum Gasteiger partial charge on any atom is 0.191 e. The summed E-state index contributed by atoms with van der Waals surface area (Å²) in [6.07, 6.45) is 1.16. The fourth-order valence-electron chi connectivity index (χ4n) is 2.05. The van der Waals surface area contributed by atoms with Crippen LogP contribution in [0, 0.1) is 0 Å². The van der Waals surface area contributed by atoms with Crippen molar-refractivity contribution in [1.82, 2.24) is 15.5 Å². The number of rotatable bonds is 9. The monoisotopic (exact) mass is 430 g/mol. The Balaban J connectivity index is 0.00000441. The van der Waals surface area contributed by atoms with E-state index in [9.17, 15) is 0 Å². The van der Waals surface area contributed by atoms with E-state index >= 15 is 0 Å². The predicted molar refractivity (Wildman–Crippen MR) is 99.3 cm³/mol. The largest absolute Gasteiger partial charge is 0.382 e. The van der Waals surface area contributed by atoms with Gasteiger partial charge in [0.25, 0.3) is 0 Å². The molecule has 1 aliphatic rings. The average molecular weight is 430 g/mol. The zero-order chi connectivity index (χ0) is 15.3. The smallest absolute Gasteiger partial charge is 0.191 e. The summed E-state index contributed by atoms with van der Waals surface area (Å²) in [6.45, 7) is 6.39. The van der Waals surface area contributed by atoms with Gasteiger partial charge in [0.1, 0.15) is 0 Å². The van der Waals surface area contributed by atoms with Gasteiger partial charge in [-0.25, -0.2) is 0 Å². The maximum atomic E-state index is 5.71. The second-order valence-corrected chi connectivity index (χ2v) is 5.09. The Morgan fingerprint density at radius 1 is 1.32 bits per heavy atom. The highest BCUT2D eigenvalue weighted by atomic mass is 127. The van der Waals surface area contributed by atoms with Gasteiger partial charge in [-0.15, -0.1) is 24.0 Å². The minimum atomic E-state index is 0. The minimum Gasteiger partial charge on any atom is -0.382 e. The van der Waals surface area contributed by atoms with Gasteiger partial charge in [-0.3, -0.25) is 4.99 Å². The van der Waals surface area contributed by atoms with E-state index in [1.165, 1.54) is 0 Å². The first kappa shape index (κ1) is 21.8. The molecule has 0 aliphatic carbocycles. The topological polar surface area (TPSA) is 67.4 Å². The predicted octanol–water partition coefficient (Wildman–Crippen LogP) is 0.153. The number of likely N-dealkylation sites (N-methyl/N-ethyl adjacent to an activating group) is 1. The molecule has 0 aromatic carbocycles. The molecule has 22 heavy (non-hydrogen) atoms. The number of morpholine rings is 1. The number of nitrogens with one attached hydrogen (secondary N) is 2. The van der Waals surface area contributed by atoms with Crippen LogP contribution in [0.25, 0.3) is 0 Å². The molecule has 0 aromatic rings. The second-order valence-electron chi connectivity index (χ2n) is 5.09. The number of methoxy groups -OCH3 is 1. The Morgan fingerprint density at radius 2 is 2.14 bits per heavy atom. The lowest BCUT2D eigenvalue weighted by Crippen LogP contribution is -2.48. The number of nitrogens with zero attached hydrogens (tertiary/aromatic N) is 2. The zero-order valence-corrected chi connectivity index (χ0v) is 16.3. The number of halogens is 1. The molecule has 1 fully saturated rings. The highest BCUT2D eigenvalue weighted by Crippen LogP contribution is 2.01. The zero-order valence-electron chi connectivity index (χ0n) is 14.0. The molecule has 1 rings (SSSR count). The molecule has 0 saturated carbocycles. The van der Waals surface area contributed by atoms with Crippen LogP contribution in [0.1, 0.15) is 6.42 Å². The number of hydrogen-bond acceptors (Lipinski definition) is 5. The van der Waals surface area contributed by atoms with Gasteiger partial charge >= 0.3 is 0 Å². The van der Waals surface area contributed by atoms with Crippen molar-refractivity contribution in [2.24, 2.45) is 4.99 Å². The number of aliphatic imine (C=N–C) groups is 1. The molecular weight excluding hydrogens is 399 g/mol. The van der Waals surface area contributed by atoms with Crippen LogP contribution in [0.4, 0.5) is 0 Å². The maximum absolute atomic E-state index is 5.71. The fraction of sp³-hybridized carbons (Fsp3) is 0.929. The van der Waals surface area contributed by atoms with Gasteiger partial charge in [-0.05, 0) is 13.5 Å². The van der Waals surface area contributed by atoms with Crippen molar-refractivity contribution >= 4 is 29.9 Å². The van der Waals surface area contributed by atoms with Gasteiger partial charge in [-0.2, -0.15) is 0 Å². The number of ether oxygens (including phenoxy) is 3. The molecule has 1 aliphatic heterocycles. The Labute approximate surface area is 151 Å². The lowest BCUT2D eigenvalue weighted by Gasteiger charge is -2.30. The first-order chi connectivity index (χ1) is 10.3. The van der Waals surface area contributed by atoms with E-state index in [-0.39, 0.29) is 30.1 Å². The van der Waals surface area contributed by atoms with Crippen LogP contribution in [0.15, 0.2) is 4.99 Å². The molecule has 1 heterocycles. The lowest BCUT2D eigenvalue weighted by molar-refractivity contribution is -0.0161. The normalized spacial score (nSPS) is 19.6. The van der Waals surface area contributed by atoms with Crippen molar-refractivity contribution in [2.45, 2.75) is 12.5 Å². The van der Waals surface area contributed by atoms with Crippen LogP contribution >= 0.6 is 24.0 Å². The van der Waals surface area contributed by atoms with E-state index in [1.807, 2.05) is 0 Å². The van der Waals surface area contributed by atoms with Crippen molar-refractivity contribution in [3.63, 3.8) is 0 Å². The summed E-state index contributed by atoms with van der Waals surface area (Å²) in [7, 11) is 5.57. The molecule has 132 valence electrons. The molecule has 1 atom stereocenters. The Morgan fingerprint density at radius 3 is 2.82 bits per heavy atom. The Hall–Kier alpha value is -0.160. The number of hydrogen-bond donors (Lipinski definition) is 2. The van der Waals surface area contributed by atoms with E-state index in [1.54, 1.807) is 14.2 Å². The summed E-state index contributed by atoms with van der Waals surface area (Å²) in [6, 6.07) is 0. The van der Waals surface area contributed by atoms with Gasteiger partial charge in [0.15, 0.2) is 5.96 Å². The van der Waals surface area contributed by atoms with E-state index in [0.29, 0.717) is 13.2 Å². The first-order valence-electron chi connectivity index (χ1n) is 7.57. The van der Waals surface area contributed by atoms with E-state index in [0.717, 1.165) is 51.8 Å². The molecule has 0 bridgehead atoms. The van der Waals surface area contributed by atoms with Gasteiger partial charge in [0.05, 0.1) is 25.9 Å². The van der Waals surface area contributed by atoms with Crippen molar-refractivity contribution in [3.05, 3.63) is 0 Å². The molecule has 7 nitrogen and oxygen atoms in total. The molecular formula is C14H31IN4O3. The summed E-state index contributed by atoms with van der Waals surface area (Å²) in [5, 5.41) is 6.57. The Kier molecular flexibility index (Phi) is 14.3. The summed E-state index contributed by atoms with van der Waals surface area (Å²) in [5.74, 6) is 0.809. The van der Waals surface area contributed by atoms with E-state index in [4.69, 9.17) is 14.2 Å². The molecule has 0 amide bonds. The van der Waals surface area contributed by atoms with Crippen LogP contribution in [-0.4, -0.2) is 90.8 Å². The van der Waals surface area contributed by atoms with Crippen molar-refractivity contribution in [3.8, 4) is 0 Å². The minimum absolute atomic E-state index is 0. The van der Waals surface area contributed by atoms with Crippen LogP contribution in [0.3, 0.4) is 0 Å². The first-order valence-corrected chi connectivity index (χ1v) is 7.57. The van der Waals surface area contributed by atoms with Gasteiger partial charge in [0.2, 0.25) is 0 Å². The second kappa shape index (κ2) is 14.4. The van der Waals surface area contributed by atoms with Crippen molar-refractivity contribution < 1.29 is 14.2 Å². The number of guanidine groups is 1. The molecule has 0 spiro atoms. The molecule has 2 N–H and O–H groups in total. The van der Waals surface area contributed by atoms with Gasteiger partial charge < -0.3 is 29.7 Å². The highest BCUT2D eigenvalue weighted by molar-refractivity contribution is 14.0. The molecule has 8 heteroatoms. The third-order valence-electron chi connectivity index (χ3n) is 3.25. The summed E-state index contributed by atoms with van der Waals surface area (Å²) in [4.78, 5) is 6.48. The summed E-state index contributed by atoms with van der Waals surface area (Å²) in [5.41, 5.74) is 0. The third-order valence-corrected chi connectivity index (χ3v) is 3.25. The van der Waals surface area contributed by atoms with Crippen LogP contribution in [0.5, 0.6) is 0 Å². The average Bonchev–Trinajstić information content (AvgIpc) is 2.49. The van der Waals surface area contributed by atoms with Crippen molar-refractivity contribution in [1.29, 1.82) is 0 Å². The highest BCUT2D eigenvalue weighted by Gasteiger charge is 2.17. The third kappa shape index (κ3) is 10.5. The Bertz CT molecular complexity index is 295. The van der Waals surface area contributed by atoms with E-state index < -0.39 is 0 Å². The van der Waals surface area contributed by atoms with Gasteiger partial charge in [-0.1, -0.05) is 0 Å². The van der Waals surface area contributed by atoms with Crippen molar-refractivity contribution in [2.75, 3.05) is 73.8 Å². The van der Waals surface area contributed by atoms with Crippen LogP contribution < -0.4 is 10.6 Å². The molecule has 1 unspecified atom stereocenters. The van der Waals surface area contributed by atoms with E-state index in [2.05, 4.69) is 27.6 Å². The fourth-order valence-corrected chi connectivity index (χ4v) is 2.05. The SMILES string of the molecule is CN=C(NCCCOCCOC)NCC1CN(C)CCO1.I. The van der Waals surface area contributed by atoms with Crippen LogP contribution in [-0.2, 0) is 14.2 Å². The van der Waals surface area contributed by atoms with Crippen LogP contribution in [0.2, 0.25) is 0 Å². The molecule has 0 aromatic heterocycles. The van der Waals surface area contributed by atoms with Gasteiger partial charge in [0, 0.05) is 46.9 Å². The standard InChI is InChI=1S/C14H30N4O3.HI/c1-15-14(16-5-4-7-20-10-9-19-3)17-11-13-12-18(2)6-8-21-13;/h13H,4-12H2,1-3H3,(H2,15,16,17);1H. The lowest BCUT2D eigenvalue weighted by atomic mass is 10.3. The summed E-state index contributed by atoms with van der Waals surface area (Å²) >= 11 is 0. The summed E-state index contributed by atoms with van der Waals surface area (Å²) < 4.78 is 16.0. The molecule has 1 saturated heterocycles. The quantitative estimate of drug-likeness (QED) is 0.235.